The van der Waals surface area contributed by atoms with Gasteiger partial charge in [-0.15, -0.1) is 11.3 Å². The van der Waals surface area contributed by atoms with Gasteiger partial charge >= 0.3 is 0 Å². The van der Waals surface area contributed by atoms with E-state index in [0.717, 1.165) is 22.0 Å². The minimum atomic E-state index is -0.755. The summed E-state index contributed by atoms with van der Waals surface area (Å²) in [4.78, 5) is 17.6. The number of carbonyl (C=O) groups excluding carboxylic acids is 1. The van der Waals surface area contributed by atoms with Crippen LogP contribution in [0.25, 0.3) is 10.6 Å². The molecule has 23 heavy (non-hydrogen) atoms. The first-order valence-corrected chi connectivity index (χ1v) is 7.98. The number of furan rings is 1. The van der Waals surface area contributed by atoms with E-state index >= 15 is 0 Å². The molecule has 0 saturated heterocycles. The van der Waals surface area contributed by atoms with Crippen molar-refractivity contribution in [2.75, 3.05) is 6.54 Å². The molecule has 3 rings (SSSR count). The third-order valence-corrected chi connectivity index (χ3v) is 4.46. The summed E-state index contributed by atoms with van der Waals surface area (Å²) in [7, 11) is 0. The van der Waals surface area contributed by atoms with Crippen LogP contribution in [-0.4, -0.2) is 22.5 Å². The number of hydrogen-bond donors (Lipinski definition) is 2. The highest BCUT2D eigenvalue weighted by Crippen LogP contribution is 2.29. The van der Waals surface area contributed by atoms with Crippen LogP contribution in [0.4, 0.5) is 0 Å². The Hall–Kier alpha value is -2.44. The van der Waals surface area contributed by atoms with Crippen molar-refractivity contribution in [3.05, 3.63) is 65.0 Å². The predicted octanol–water partition coefficient (Wildman–Crippen LogP) is 3.17. The molecule has 0 fully saturated rings. The molecular formula is C17H16N2O3S. The van der Waals surface area contributed by atoms with E-state index in [2.05, 4.69) is 10.3 Å². The number of amides is 1. The number of aliphatic hydroxyl groups excluding tert-OH is 1. The van der Waals surface area contributed by atoms with Gasteiger partial charge in [-0.05, 0) is 48.9 Å². The average Bonchev–Trinajstić information content (AvgIpc) is 3.22. The third-order valence-electron chi connectivity index (χ3n) is 3.36. The fourth-order valence-corrected chi connectivity index (χ4v) is 3.02. The van der Waals surface area contributed by atoms with Gasteiger partial charge in [0.05, 0.1) is 15.9 Å². The smallest absolute Gasteiger partial charge is 0.261 e. The zero-order chi connectivity index (χ0) is 16.2. The van der Waals surface area contributed by atoms with E-state index in [0.29, 0.717) is 4.88 Å². The standard InChI is InChI=1S/C17H16N2O3S/c1-11-2-3-14(22-11)15-4-5-16(23-15)17(21)19-10-13(20)12-6-8-18-9-7-12/h2-9,13,20H,10H2,1H3,(H,19,21)/t13-/m0/s1. The van der Waals surface area contributed by atoms with Gasteiger partial charge in [-0.1, -0.05) is 0 Å². The lowest BCUT2D eigenvalue weighted by atomic mass is 10.1. The van der Waals surface area contributed by atoms with E-state index < -0.39 is 6.10 Å². The normalized spacial score (nSPS) is 12.1. The van der Waals surface area contributed by atoms with Gasteiger partial charge in [0.15, 0.2) is 0 Å². The Bertz CT molecular complexity index is 795. The van der Waals surface area contributed by atoms with Gasteiger partial charge in [-0.2, -0.15) is 0 Å². The topological polar surface area (TPSA) is 75.4 Å². The van der Waals surface area contributed by atoms with Crippen LogP contribution < -0.4 is 5.32 Å². The SMILES string of the molecule is Cc1ccc(-c2ccc(C(=O)NC[C@H](O)c3ccncc3)s2)o1. The van der Waals surface area contributed by atoms with Crippen LogP contribution >= 0.6 is 11.3 Å². The lowest BCUT2D eigenvalue weighted by Crippen LogP contribution is -2.27. The van der Waals surface area contributed by atoms with Crippen molar-refractivity contribution in [1.29, 1.82) is 0 Å². The van der Waals surface area contributed by atoms with Crippen LogP contribution in [0.3, 0.4) is 0 Å². The van der Waals surface area contributed by atoms with E-state index in [1.807, 2.05) is 25.1 Å². The highest BCUT2D eigenvalue weighted by Gasteiger charge is 2.14. The van der Waals surface area contributed by atoms with Gasteiger partial charge in [0, 0.05) is 18.9 Å². The number of nitrogens with one attached hydrogen (secondary N) is 1. The Labute approximate surface area is 137 Å². The van der Waals surface area contributed by atoms with Crippen molar-refractivity contribution in [2.24, 2.45) is 0 Å². The Morgan fingerprint density at radius 1 is 1.26 bits per heavy atom. The van der Waals surface area contributed by atoms with Crippen LogP contribution in [-0.2, 0) is 0 Å². The third kappa shape index (κ3) is 3.67. The molecule has 0 unspecified atom stereocenters. The summed E-state index contributed by atoms with van der Waals surface area (Å²) >= 11 is 1.36. The highest BCUT2D eigenvalue weighted by atomic mass is 32.1. The first-order chi connectivity index (χ1) is 11.1. The number of aliphatic hydroxyl groups is 1. The molecule has 0 bridgehead atoms. The predicted molar refractivity (Wildman–Crippen MR) is 88.3 cm³/mol. The van der Waals surface area contributed by atoms with E-state index in [1.54, 1.807) is 30.6 Å². The number of aryl methyl sites for hydroxylation is 1. The summed E-state index contributed by atoms with van der Waals surface area (Å²) < 4.78 is 5.55. The maximum absolute atomic E-state index is 12.2. The van der Waals surface area contributed by atoms with Gasteiger partial charge in [0.25, 0.3) is 5.91 Å². The second-order valence-corrected chi connectivity index (χ2v) is 6.16. The quantitative estimate of drug-likeness (QED) is 0.754. The van der Waals surface area contributed by atoms with Crippen LogP contribution in [0.2, 0.25) is 0 Å². The number of hydrogen-bond acceptors (Lipinski definition) is 5. The molecule has 6 heteroatoms. The van der Waals surface area contributed by atoms with Crippen LogP contribution in [0, 0.1) is 6.92 Å². The van der Waals surface area contributed by atoms with Crippen molar-refractivity contribution in [3.8, 4) is 10.6 Å². The summed E-state index contributed by atoms with van der Waals surface area (Å²) in [5, 5.41) is 12.8. The molecule has 0 aliphatic heterocycles. The Balaban J connectivity index is 1.62. The van der Waals surface area contributed by atoms with Crippen molar-refractivity contribution in [3.63, 3.8) is 0 Å². The molecule has 0 aromatic carbocycles. The molecule has 0 aliphatic rings. The Kier molecular flexibility index (Phi) is 4.55. The van der Waals surface area contributed by atoms with Crippen molar-refractivity contribution in [2.45, 2.75) is 13.0 Å². The molecule has 1 amide bonds. The number of rotatable bonds is 5. The van der Waals surface area contributed by atoms with Gasteiger partial charge in [0.1, 0.15) is 11.5 Å². The fourth-order valence-electron chi connectivity index (χ4n) is 2.14. The first-order valence-electron chi connectivity index (χ1n) is 7.16. The molecule has 0 spiro atoms. The number of nitrogens with zero attached hydrogens (tertiary/aromatic N) is 1. The summed E-state index contributed by atoms with van der Waals surface area (Å²) in [6.07, 6.45) is 2.46. The monoisotopic (exact) mass is 328 g/mol. The van der Waals surface area contributed by atoms with Crippen LogP contribution in [0.15, 0.2) is 53.2 Å². The van der Waals surface area contributed by atoms with Gasteiger partial charge in [-0.3, -0.25) is 9.78 Å². The molecule has 0 aliphatic carbocycles. The maximum atomic E-state index is 12.2. The molecular weight excluding hydrogens is 312 g/mol. The number of pyridine rings is 1. The number of thiophene rings is 1. The second-order valence-electron chi connectivity index (χ2n) is 5.08. The van der Waals surface area contributed by atoms with Gasteiger partial charge < -0.3 is 14.8 Å². The minimum Gasteiger partial charge on any atom is -0.461 e. The van der Waals surface area contributed by atoms with E-state index in [-0.39, 0.29) is 12.5 Å². The molecule has 3 aromatic rings. The Morgan fingerprint density at radius 2 is 2.04 bits per heavy atom. The summed E-state index contributed by atoms with van der Waals surface area (Å²) in [6.45, 7) is 2.03. The van der Waals surface area contributed by atoms with Gasteiger partial charge in [0.2, 0.25) is 0 Å². The van der Waals surface area contributed by atoms with E-state index in [4.69, 9.17) is 4.42 Å². The molecule has 2 N–H and O–H groups in total. The molecule has 3 heterocycles. The average molecular weight is 328 g/mol. The maximum Gasteiger partial charge on any atom is 0.261 e. The molecule has 1 atom stereocenters. The zero-order valence-corrected chi connectivity index (χ0v) is 13.3. The van der Waals surface area contributed by atoms with E-state index in [1.165, 1.54) is 11.3 Å². The molecule has 5 nitrogen and oxygen atoms in total. The van der Waals surface area contributed by atoms with Crippen LogP contribution in [0.1, 0.15) is 27.1 Å². The molecule has 0 radical (unpaired) electrons. The Morgan fingerprint density at radius 3 is 2.74 bits per heavy atom. The molecule has 118 valence electrons. The summed E-state index contributed by atoms with van der Waals surface area (Å²) in [5.41, 5.74) is 0.721. The fraction of sp³-hybridized carbons (Fsp3) is 0.176. The number of carbonyl (C=O) groups is 1. The largest absolute Gasteiger partial charge is 0.461 e. The second kappa shape index (κ2) is 6.76. The van der Waals surface area contributed by atoms with Crippen molar-refractivity contribution < 1.29 is 14.3 Å². The minimum absolute atomic E-state index is 0.149. The van der Waals surface area contributed by atoms with Crippen molar-refractivity contribution in [1.82, 2.24) is 10.3 Å². The van der Waals surface area contributed by atoms with Gasteiger partial charge in [-0.25, -0.2) is 0 Å². The lowest BCUT2D eigenvalue weighted by Gasteiger charge is -2.11. The zero-order valence-electron chi connectivity index (χ0n) is 12.5. The number of aromatic nitrogens is 1. The highest BCUT2D eigenvalue weighted by molar-refractivity contribution is 7.17. The summed E-state index contributed by atoms with van der Waals surface area (Å²) in [5.74, 6) is 1.38. The lowest BCUT2D eigenvalue weighted by molar-refractivity contribution is 0.0920. The van der Waals surface area contributed by atoms with E-state index in [9.17, 15) is 9.90 Å². The molecule has 0 saturated carbocycles. The molecule has 3 aromatic heterocycles. The first kappa shape index (κ1) is 15.5. The van der Waals surface area contributed by atoms with Crippen molar-refractivity contribution >= 4 is 17.2 Å². The van der Waals surface area contributed by atoms with Crippen LogP contribution in [0.5, 0.6) is 0 Å². The summed E-state index contributed by atoms with van der Waals surface area (Å²) in [6, 6.07) is 10.8.